The van der Waals surface area contributed by atoms with Crippen LogP contribution in [0.2, 0.25) is 0 Å². The molecule has 0 radical (unpaired) electrons. The van der Waals surface area contributed by atoms with Crippen LogP contribution in [0, 0.1) is 0 Å². The SMILES string of the molecule is Brc1ccc2nccc(NCc3ccn(C4CCCC4)n3)c2c1. The molecule has 1 aromatic carbocycles. The van der Waals surface area contributed by atoms with E-state index in [-0.39, 0.29) is 0 Å². The maximum atomic E-state index is 4.73. The molecule has 1 aliphatic carbocycles. The molecule has 3 aromatic rings. The number of benzene rings is 1. The topological polar surface area (TPSA) is 42.7 Å². The van der Waals surface area contributed by atoms with Gasteiger partial charge in [-0.3, -0.25) is 9.67 Å². The van der Waals surface area contributed by atoms with Crippen molar-refractivity contribution in [3.63, 3.8) is 0 Å². The molecule has 118 valence electrons. The first-order valence-electron chi connectivity index (χ1n) is 8.12. The highest BCUT2D eigenvalue weighted by atomic mass is 79.9. The van der Waals surface area contributed by atoms with Crippen molar-refractivity contribution in [3.05, 3.63) is 52.9 Å². The molecule has 1 aliphatic rings. The summed E-state index contributed by atoms with van der Waals surface area (Å²) in [6, 6.07) is 10.9. The lowest BCUT2D eigenvalue weighted by atomic mass is 10.2. The van der Waals surface area contributed by atoms with Crippen molar-refractivity contribution < 1.29 is 0 Å². The van der Waals surface area contributed by atoms with Gasteiger partial charge in [0, 0.05) is 27.9 Å². The Balaban J connectivity index is 1.52. The van der Waals surface area contributed by atoms with Crippen molar-refractivity contribution in [2.45, 2.75) is 38.3 Å². The predicted molar refractivity (Wildman–Crippen MR) is 96.5 cm³/mol. The summed E-state index contributed by atoms with van der Waals surface area (Å²) in [5.74, 6) is 0. The third-order valence-electron chi connectivity index (χ3n) is 4.53. The van der Waals surface area contributed by atoms with Gasteiger partial charge in [-0.15, -0.1) is 0 Å². The second kappa shape index (κ2) is 6.32. The average Bonchev–Trinajstić information content (AvgIpc) is 3.24. The first-order valence-corrected chi connectivity index (χ1v) is 8.91. The number of nitrogens with zero attached hydrogens (tertiary/aromatic N) is 3. The van der Waals surface area contributed by atoms with E-state index >= 15 is 0 Å². The second-order valence-electron chi connectivity index (χ2n) is 6.10. The van der Waals surface area contributed by atoms with Gasteiger partial charge in [0.05, 0.1) is 23.8 Å². The summed E-state index contributed by atoms with van der Waals surface area (Å²) in [7, 11) is 0. The fraction of sp³-hybridized carbons (Fsp3) is 0.333. The Bertz CT molecular complexity index is 821. The standard InChI is InChI=1S/C18H19BrN4/c19-13-5-6-17-16(11-13)18(7-9-20-17)21-12-14-8-10-23(22-14)15-3-1-2-4-15/h5-11,15H,1-4,12H2,(H,20,21). The van der Waals surface area contributed by atoms with Gasteiger partial charge >= 0.3 is 0 Å². The van der Waals surface area contributed by atoms with Crippen molar-refractivity contribution in [2.75, 3.05) is 5.32 Å². The highest BCUT2D eigenvalue weighted by Gasteiger charge is 2.17. The molecule has 0 atom stereocenters. The summed E-state index contributed by atoms with van der Waals surface area (Å²) in [6.45, 7) is 0.728. The molecule has 5 heteroatoms. The Morgan fingerprint density at radius 3 is 2.91 bits per heavy atom. The van der Waals surface area contributed by atoms with Crippen molar-refractivity contribution >= 4 is 32.5 Å². The third kappa shape index (κ3) is 3.11. The minimum Gasteiger partial charge on any atom is -0.379 e. The molecule has 23 heavy (non-hydrogen) atoms. The van der Waals surface area contributed by atoms with Gasteiger partial charge in [-0.25, -0.2) is 0 Å². The minimum atomic E-state index is 0.599. The first kappa shape index (κ1) is 14.7. The zero-order chi connectivity index (χ0) is 15.6. The molecule has 0 aliphatic heterocycles. The lowest BCUT2D eigenvalue weighted by Gasteiger charge is -2.10. The van der Waals surface area contributed by atoms with Gasteiger partial charge in [0.1, 0.15) is 0 Å². The highest BCUT2D eigenvalue weighted by molar-refractivity contribution is 9.10. The number of fused-ring (bicyclic) bond motifs is 1. The van der Waals surface area contributed by atoms with Gasteiger partial charge in [0.25, 0.3) is 0 Å². The molecular weight excluding hydrogens is 352 g/mol. The van der Waals surface area contributed by atoms with E-state index in [0.717, 1.165) is 33.3 Å². The molecule has 2 heterocycles. The lowest BCUT2D eigenvalue weighted by Crippen LogP contribution is -2.07. The smallest absolute Gasteiger partial charge is 0.0815 e. The Morgan fingerprint density at radius 2 is 2.04 bits per heavy atom. The number of anilines is 1. The zero-order valence-electron chi connectivity index (χ0n) is 12.9. The van der Waals surface area contributed by atoms with Gasteiger partial charge in [-0.2, -0.15) is 5.10 Å². The van der Waals surface area contributed by atoms with Crippen molar-refractivity contribution in [2.24, 2.45) is 0 Å². The Labute approximate surface area is 144 Å². The number of pyridine rings is 1. The average molecular weight is 371 g/mol. The van der Waals surface area contributed by atoms with E-state index in [2.05, 4.69) is 49.2 Å². The largest absolute Gasteiger partial charge is 0.379 e. The molecule has 0 bridgehead atoms. The Hall–Kier alpha value is -1.88. The number of rotatable bonds is 4. The monoisotopic (exact) mass is 370 g/mol. The normalized spacial score (nSPS) is 15.3. The van der Waals surface area contributed by atoms with E-state index in [1.54, 1.807) is 0 Å². The summed E-state index contributed by atoms with van der Waals surface area (Å²) in [5.41, 5.74) is 3.17. The fourth-order valence-electron chi connectivity index (χ4n) is 3.30. The van der Waals surface area contributed by atoms with Crippen molar-refractivity contribution in [1.29, 1.82) is 0 Å². The number of halogens is 1. The summed E-state index contributed by atoms with van der Waals surface area (Å²) in [5, 5.41) is 9.35. The number of hydrogen-bond acceptors (Lipinski definition) is 3. The number of hydrogen-bond donors (Lipinski definition) is 1. The molecule has 4 nitrogen and oxygen atoms in total. The van der Waals surface area contributed by atoms with Crippen LogP contribution < -0.4 is 5.32 Å². The summed E-state index contributed by atoms with van der Waals surface area (Å²) in [6.07, 6.45) is 9.14. The van der Waals surface area contributed by atoms with E-state index in [4.69, 9.17) is 5.10 Å². The second-order valence-corrected chi connectivity index (χ2v) is 7.01. The van der Waals surface area contributed by atoms with Crippen LogP contribution in [0.1, 0.15) is 37.4 Å². The van der Waals surface area contributed by atoms with Crippen LogP contribution in [0.25, 0.3) is 10.9 Å². The summed E-state index contributed by atoms with van der Waals surface area (Å²) in [4.78, 5) is 4.41. The molecule has 0 amide bonds. The molecule has 4 rings (SSSR count). The third-order valence-corrected chi connectivity index (χ3v) is 5.02. The van der Waals surface area contributed by atoms with Crippen molar-refractivity contribution in [3.8, 4) is 0 Å². The van der Waals surface area contributed by atoms with E-state index in [9.17, 15) is 0 Å². The first-order chi connectivity index (χ1) is 11.3. The van der Waals surface area contributed by atoms with Crippen LogP contribution in [0.15, 0.2) is 47.2 Å². The summed E-state index contributed by atoms with van der Waals surface area (Å²) >= 11 is 3.53. The molecule has 1 N–H and O–H groups in total. The highest BCUT2D eigenvalue weighted by Crippen LogP contribution is 2.29. The Kier molecular flexibility index (Phi) is 4.04. The fourth-order valence-corrected chi connectivity index (χ4v) is 3.66. The van der Waals surface area contributed by atoms with E-state index in [1.807, 2.05) is 24.4 Å². The van der Waals surface area contributed by atoms with Gasteiger partial charge in [-0.05, 0) is 43.2 Å². The van der Waals surface area contributed by atoms with Crippen LogP contribution in [0.5, 0.6) is 0 Å². The molecular formula is C18H19BrN4. The van der Waals surface area contributed by atoms with Gasteiger partial charge in [0.2, 0.25) is 0 Å². The van der Waals surface area contributed by atoms with Crippen LogP contribution in [-0.2, 0) is 6.54 Å². The van der Waals surface area contributed by atoms with Crippen LogP contribution in [0.4, 0.5) is 5.69 Å². The molecule has 1 saturated carbocycles. The van der Waals surface area contributed by atoms with Crippen LogP contribution in [0.3, 0.4) is 0 Å². The Morgan fingerprint density at radius 1 is 1.17 bits per heavy atom. The predicted octanol–water partition coefficient (Wildman–Crippen LogP) is 4.92. The molecule has 0 spiro atoms. The zero-order valence-corrected chi connectivity index (χ0v) is 14.5. The van der Waals surface area contributed by atoms with E-state index in [1.165, 1.54) is 25.7 Å². The van der Waals surface area contributed by atoms with Crippen LogP contribution in [-0.4, -0.2) is 14.8 Å². The molecule has 2 aromatic heterocycles. The van der Waals surface area contributed by atoms with Crippen LogP contribution >= 0.6 is 15.9 Å². The van der Waals surface area contributed by atoms with E-state index < -0.39 is 0 Å². The molecule has 0 unspecified atom stereocenters. The van der Waals surface area contributed by atoms with Gasteiger partial charge in [-0.1, -0.05) is 28.8 Å². The van der Waals surface area contributed by atoms with Gasteiger partial charge < -0.3 is 5.32 Å². The van der Waals surface area contributed by atoms with Crippen molar-refractivity contribution in [1.82, 2.24) is 14.8 Å². The molecule has 1 fully saturated rings. The van der Waals surface area contributed by atoms with E-state index in [0.29, 0.717) is 6.04 Å². The maximum Gasteiger partial charge on any atom is 0.0815 e. The quantitative estimate of drug-likeness (QED) is 0.708. The van der Waals surface area contributed by atoms with Gasteiger partial charge in [0.15, 0.2) is 0 Å². The molecule has 0 saturated heterocycles. The lowest BCUT2D eigenvalue weighted by molar-refractivity contribution is 0.463. The number of nitrogens with one attached hydrogen (secondary N) is 1. The maximum absolute atomic E-state index is 4.73. The minimum absolute atomic E-state index is 0.599. The number of aromatic nitrogens is 3. The summed E-state index contributed by atoms with van der Waals surface area (Å²) < 4.78 is 3.21.